The molecule has 0 saturated heterocycles. The van der Waals surface area contributed by atoms with E-state index in [2.05, 4.69) is 4.98 Å². The van der Waals surface area contributed by atoms with Crippen molar-refractivity contribution in [3.05, 3.63) is 46.6 Å². The molecular formula is C25H29NO9. The molecule has 10 nitrogen and oxygen atoms in total. The van der Waals surface area contributed by atoms with Gasteiger partial charge in [0, 0.05) is 49.7 Å². The number of fused-ring (bicyclic) bond motifs is 2. The van der Waals surface area contributed by atoms with E-state index in [0.29, 0.717) is 5.56 Å². The molecule has 0 radical (unpaired) electrons. The van der Waals surface area contributed by atoms with Crippen molar-refractivity contribution >= 4 is 11.9 Å². The number of hydrogen-bond donors (Lipinski definition) is 2. The monoisotopic (exact) mass is 487 g/mol. The predicted molar refractivity (Wildman–Crippen MR) is 121 cm³/mol. The number of pyridine rings is 1. The van der Waals surface area contributed by atoms with Gasteiger partial charge in [-0.05, 0) is 38.8 Å². The Balaban J connectivity index is 1.71. The molecule has 4 rings (SSSR count). The Morgan fingerprint density at radius 1 is 1.26 bits per heavy atom. The number of carbonyl (C=O) groups is 2. The van der Waals surface area contributed by atoms with E-state index < -0.39 is 52.8 Å². The highest BCUT2D eigenvalue weighted by molar-refractivity contribution is 5.67. The average molecular weight is 488 g/mol. The highest BCUT2D eigenvalue weighted by Gasteiger charge is 2.58. The van der Waals surface area contributed by atoms with E-state index in [1.807, 2.05) is 0 Å². The quantitative estimate of drug-likeness (QED) is 0.602. The van der Waals surface area contributed by atoms with Crippen molar-refractivity contribution in [2.75, 3.05) is 6.61 Å². The van der Waals surface area contributed by atoms with Gasteiger partial charge in [0.15, 0.2) is 0 Å². The molecule has 0 spiro atoms. The zero-order valence-electron chi connectivity index (χ0n) is 20.0. The first-order valence-electron chi connectivity index (χ1n) is 11.4. The van der Waals surface area contributed by atoms with Crippen molar-refractivity contribution in [3.8, 4) is 17.1 Å². The SMILES string of the molecule is CC(=O)OC[C@](C)(OC(C)=O)[C@H]1C[C@@H](O)[C@]2(C)Oc3cc(-c4cccnc4)oc(=O)c3[C@H](O)[C@H]2C1. The van der Waals surface area contributed by atoms with Crippen LogP contribution in [0.15, 0.2) is 39.8 Å². The summed E-state index contributed by atoms with van der Waals surface area (Å²) in [6, 6.07) is 4.93. The van der Waals surface area contributed by atoms with Crippen LogP contribution in [0.1, 0.15) is 52.2 Å². The first-order chi connectivity index (χ1) is 16.4. The van der Waals surface area contributed by atoms with E-state index in [1.165, 1.54) is 26.1 Å². The number of carbonyl (C=O) groups excluding carboxylic acids is 2. The lowest BCUT2D eigenvalue weighted by Gasteiger charge is -2.54. The number of ether oxygens (including phenoxy) is 3. The molecule has 3 heterocycles. The fraction of sp³-hybridized carbons (Fsp3) is 0.520. The molecule has 1 aliphatic heterocycles. The van der Waals surface area contributed by atoms with Gasteiger partial charge in [-0.2, -0.15) is 0 Å². The van der Waals surface area contributed by atoms with Gasteiger partial charge in [-0.3, -0.25) is 14.6 Å². The molecule has 0 aromatic carbocycles. The van der Waals surface area contributed by atoms with Gasteiger partial charge in [-0.25, -0.2) is 4.79 Å². The van der Waals surface area contributed by atoms with E-state index >= 15 is 0 Å². The number of rotatable bonds is 5. The largest absolute Gasteiger partial charge is 0.484 e. The second kappa shape index (κ2) is 9.09. The molecule has 0 amide bonds. The maximum atomic E-state index is 12.9. The average Bonchev–Trinajstić information content (AvgIpc) is 2.78. The summed E-state index contributed by atoms with van der Waals surface area (Å²) in [5.41, 5.74) is -2.72. The van der Waals surface area contributed by atoms with Crippen LogP contribution in [-0.4, -0.2) is 51.0 Å². The summed E-state index contributed by atoms with van der Waals surface area (Å²) in [6.45, 7) is 5.58. The van der Waals surface area contributed by atoms with Crippen LogP contribution in [0.2, 0.25) is 0 Å². The minimum Gasteiger partial charge on any atom is -0.484 e. The van der Waals surface area contributed by atoms with E-state index in [1.54, 1.807) is 32.2 Å². The fourth-order valence-corrected chi connectivity index (χ4v) is 5.20. The van der Waals surface area contributed by atoms with Gasteiger partial charge >= 0.3 is 17.6 Å². The Morgan fingerprint density at radius 2 is 2.00 bits per heavy atom. The lowest BCUT2D eigenvalue weighted by molar-refractivity contribution is -0.205. The maximum absolute atomic E-state index is 12.9. The van der Waals surface area contributed by atoms with Gasteiger partial charge in [0.1, 0.15) is 34.9 Å². The zero-order chi connectivity index (χ0) is 25.5. The third kappa shape index (κ3) is 4.55. The zero-order valence-corrected chi connectivity index (χ0v) is 20.0. The summed E-state index contributed by atoms with van der Waals surface area (Å²) in [6.07, 6.45) is 1.10. The van der Waals surface area contributed by atoms with Crippen LogP contribution in [0.3, 0.4) is 0 Å². The Kier molecular flexibility index (Phi) is 6.46. The van der Waals surface area contributed by atoms with Crippen molar-refractivity contribution in [2.45, 2.75) is 63.9 Å². The van der Waals surface area contributed by atoms with Crippen molar-refractivity contribution in [3.63, 3.8) is 0 Å². The van der Waals surface area contributed by atoms with E-state index in [4.69, 9.17) is 18.6 Å². The van der Waals surface area contributed by atoms with Crippen LogP contribution >= 0.6 is 0 Å². The maximum Gasteiger partial charge on any atom is 0.345 e. The number of nitrogens with zero attached hydrogens (tertiary/aromatic N) is 1. The lowest BCUT2D eigenvalue weighted by Crippen LogP contribution is -2.62. The summed E-state index contributed by atoms with van der Waals surface area (Å²) >= 11 is 0. The molecule has 2 aromatic rings. The molecule has 0 bridgehead atoms. The highest BCUT2D eigenvalue weighted by Crippen LogP contribution is 2.53. The summed E-state index contributed by atoms with van der Waals surface area (Å²) in [5, 5.41) is 22.5. The van der Waals surface area contributed by atoms with Crippen LogP contribution in [0.4, 0.5) is 0 Å². The van der Waals surface area contributed by atoms with Gasteiger partial charge in [-0.1, -0.05) is 0 Å². The smallest absolute Gasteiger partial charge is 0.345 e. The molecule has 1 saturated carbocycles. The summed E-state index contributed by atoms with van der Waals surface area (Å²) < 4.78 is 22.4. The minimum atomic E-state index is -1.31. The Morgan fingerprint density at radius 3 is 2.63 bits per heavy atom. The molecule has 2 aliphatic rings. The Bertz CT molecular complexity index is 1180. The van der Waals surface area contributed by atoms with E-state index in [0.717, 1.165) is 0 Å². The summed E-state index contributed by atoms with van der Waals surface area (Å²) in [5.74, 6) is -1.99. The van der Waals surface area contributed by atoms with E-state index in [-0.39, 0.29) is 36.5 Å². The Hall–Kier alpha value is -3.24. The number of aromatic nitrogens is 1. The molecule has 0 unspecified atom stereocenters. The van der Waals surface area contributed by atoms with Gasteiger partial charge in [-0.15, -0.1) is 0 Å². The van der Waals surface area contributed by atoms with Gasteiger partial charge in [0.05, 0.1) is 12.2 Å². The molecule has 10 heteroatoms. The van der Waals surface area contributed by atoms with Crippen LogP contribution in [0.5, 0.6) is 5.75 Å². The first kappa shape index (κ1) is 24.9. The number of aliphatic hydroxyl groups excluding tert-OH is 2. The molecule has 1 aliphatic carbocycles. The Labute approximate surface area is 201 Å². The minimum absolute atomic E-state index is 0.0397. The summed E-state index contributed by atoms with van der Waals surface area (Å²) in [4.78, 5) is 40.2. The van der Waals surface area contributed by atoms with Crippen molar-refractivity contribution in [1.29, 1.82) is 0 Å². The molecule has 6 atom stereocenters. The van der Waals surface area contributed by atoms with Crippen molar-refractivity contribution in [2.24, 2.45) is 11.8 Å². The second-order valence-corrected chi connectivity index (χ2v) is 9.63. The van der Waals surface area contributed by atoms with Crippen LogP contribution < -0.4 is 10.4 Å². The van der Waals surface area contributed by atoms with Crippen molar-refractivity contribution in [1.82, 2.24) is 4.98 Å². The topological polar surface area (TPSA) is 145 Å². The van der Waals surface area contributed by atoms with E-state index in [9.17, 15) is 24.6 Å². The lowest BCUT2D eigenvalue weighted by atomic mass is 9.62. The first-order valence-corrected chi connectivity index (χ1v) is 11.4. The van der Waals surface area contributed by atoms with Gasteiger partial charge < -0.3 is 28.8 Å². The molecule has 1 fully saturated rings. The predicted octanol–water partition coefficient (Wildman–Crippen LogP) is 2.16. The molecule has 35 heavy (non-hydrogen) atoms. The summed E-state index contributed by atoms with van der Waals surface area (Å²) in [7, 11) is 0. The van der Waals surface area contributed by atoms with Crippen LogP contribution in [0, 0.1) is 11.8 Å². The third-order valence-electron chi connectivity index (χ3n) is 7.15. The number of esters is 2. The number of hydrogen-bond acceptors (Lipinski definition) is 10. The van der Waals surface area contributed by atoms with Gasteiger partial charge in [0.2, 0.25) is 0 Å². The third-order valence-corrected chi connectivity index (χ3v) is 7.15. The molecular weight excluding hydrogens is 458 g/mol. The van der Waals surface area contributed by atoms with Crippen molar-refractivity contribution < 1.29 is 38.4 Å². The molecule has 188 valence electrons. The number of aliphatic hydroxyl groups is 2. The van der Waals surface area contributed by atoms with Crippen LogP contribution in [-0.2, 0) is 19.1 Å². The second-order valence-electron chi connectivity index (χ2n) is 9.63. The highest BCUT2D eigenvalue weighted by atomic mass is 16.6. The molecule has 2 N–H and O–H groups in total. The fourth-order valence-electron chi connectivity index (χ4n) is 5.20. The van der Waals surface area contributed by atoms with Gasteiger partial charge in [0.25, 0.3) is 0 Å². The standard InChI is InChI=1S/C25H29NO9/c1-13(27)32-12-24(3,34-14(2)28)16-8-17-22(30)21-19(35-25(17,4)20(29)9-16)10-18(33-23(21)31)15-6-5-7-26-11-15/h5-7,10-11,16-17,20,22,29-30H,8-9,12H2,1-4H3/t16-,17-,20-,22-,24+,25-/m1/s1. The normalized spacial score (nSPS) is 29.1. The van der Waals surface area contributed by atoms with Crippen LogP contribution in [0.25, 0.3) is 11.3 Å². The molecule has 2 aromatic heterocycles.